The third kappa shape index (κ3) is 7.53. The Morgan fingerprint density at radius 3 is 2.57 bits per heavy atom. The van der Waals surface area contributed by atoms with Crippen molar-refractivity contribution in [2.24, 2.45) is 5.73 Å². The molecular weight excluding hydrogens is 294 g/mol. The third-order valence-electron chi connectivity index (χ3n) is 2.57. The Balaban J connectivity index is 0.00000400. The first-order valence-electron chi connectivity index (χ1n) is 6.47. The maximum Gasteiger partial charge on any atom is 0.251 e. The maximum absolute atomic E-state index is 11.8. The summed E-state index contributed by atoms with van der Waals surface area (Å²) in [6, 6.07) is 6.71. The van der Waals surface area contributed by atoms with Crippen LogP contribution >= 0.6 is 12.4 Å². The van der Waals surface area contributed by atoms with Gasteiger partial charge in [0.2, 0.25) is 5.91 Å². The molecule has 0 heterocycles. The first kappa shape index (κ1) is 19.2. The van der Waals surface area contributed by atoms with E-state index in [0.29, 0.717) is 24.4 Å². The lowest BCUT2D eigenvalue weighted by atomic mass is 10.2. The van der Waals surface area contributed by atoms with E-state index >= 15 is 0 Å². The minimum Gasteiger partial charge on any atom is -0.497 e. The van der Waals surface area contributed by atoms with Gasteiger partial charge < -0.3 is 21.1 Å². The van der Waals surface area contributed by atoms with Gasteiger partial charge in [0.05, 0.1) is 7.11 Å². The predicted octanol–water partition coefficient (Wildman–Crippen LogP) is 0.700. The summed E-state index contributed by atoms with van der Waals surface area (Å²) in [5.41, 5.74) is 6.03. The standard InChI is InChI=1S/C14H21N3O3.ClH/c1-10(15)8-13(18)16-6-7-17-14(19)11-4-3-5-12(9-11)20-2;/h3-5,9-10H,6-8,15H2,1-2H3,(H,16,18)(H,17,19);1H. The molecular formula is C14H22ClN3O3. The molecule has 0 aliphatic heterocycles. The number of amides is 2. The second-order valence-electron chi connectivity index (χ2n) is 4.52. The minimum atomic E-state index is -0.203. The van der Waals surface area contributed by atoms with Crippen molar-refractivity contribution in [2.75, 3.05) is 20.2 Å². The number of methoxy groups -OCH3 is 1. The summed E-state index contributed by atoms with van der Waals surface area (Å²) in [5, 5.41) is 5.40. The summed E-state index contributed by atoms with van der Waals surface area (Å²) < 4.78 is 5.05. The highest BCUT2D eigenvalue weighted by Crippen LogP contribution is 2.11. The van der Waals surface area contributed by atoms with Crippen LogP contribution in [0.15, 0.2) is 24.3 Å². The fraction of sp³-hybridized carbons (Fsp3) is 0.429. The number of carbonyl (C=O) groups excluding carboxylic acids is 2. The first-order valence-corrected chi connectivity index (χ1v) is 6.47. The van der Waals surface area contributed by atoms with E-state index in [1.807, 2.05) is 0 Å². The SMILES string of the molecule is COc1cccc(C(=O)NCCNC(=O)CC(C)N)c1.Cl. The Kier molecular flexibility index (Phi) is 9.16. The van der Waals surface area contributed by atoms with Crippen LogP contribution in [0.25, 0.3) is 0 Å². The van der Waals surface area contributed by atoms with Crippen molar-refractivity contribution in [3.8, 4) is 5.75 Å². The number of rotatable bonds is 7. The van der Waals surface area contributed by atoms with Gasteiger partial charge >= 0.3 is 0 Å². The van der Waals surface area contributed by atoms with Crippen molar-refractivity contribution < 1.29 is 14.3 Å². The molecule has 1 aromatic carbocycles. The van der Waals surface area contributed by atoms with E-state index in [-0.39, 0.29) is 36.7 Å². The fourth-order valence-corrected chi connectivity index (χ4v) is 1.61. The second kappa shape index (κ2) is 10.0. The van der Waals surface area contributed by atoms with E-state index in [1.165, 1.54) is 0 Å². The Hall–Kier alpha value is -1.79. The number of carbonyl (C=O) groups is 2. The molecule has 0 fully saturated rings. The number of halogens is 1. The van der Waals surface area contributed by atoms with E-state index < -0.39 is 0 Å². The molecule has 0 aromatic heterocycles. The van der Waals surface area contributed by atoms with E-state index in [1.54, 1.807) is 38.3 Å². The lowest BCUT2D eigenvalue weighted by Gasteiger charge is -2.09. The highest BCUT2D eigenvalue weighted by Gasteiger charge is 2.07. The molecule has 0 saturated carbocycles. The maximum atomic E-state index is 11.8. The molecule has 21 heavy (non-hydrogen) atoms. The van der Waals surface area contributed by atoms with E-state index in [0.717, 1.165) is 0 Å². The summed E-state index contributed by atoms with van der Waals surface area (Å²) in [5.74, 6) is 0.309. The number of nitrogens with one attached hydrogen (secondary N) is 2. The van der Waals surface area contributed by atoms with Crippen molar-refractivity contribution in [2.45, 2.75) is 19.4 Å². The summed E-state index contributed by atoms with van der Waals surface area (Å²) in [4.78, 5) is 23.2. The van der Waals surface area contributed by atoms with Crippen LogP contribution in [-0.4, -0.2) is 38.1 Å². The highest BCUT2D eigenvalue weighted by atomic mass is 35.5. The Labute approximate surface area is 130 Å². The van der Waals surface area contributed by atoms with Gasteiger partial charge in [0.25, 0.3) is 5.91 Å². The van der Waals surface area contributed by atoms with Crippen LogP contribution < -0.4 is 21.1 Å². The fourth-order valence-electron chi connectivity index (χ4n) is 1.61. The number of hydrogen-bond acceptors (Lipinski definition) is 4. The van der Waals surface area contributed by atoms with Crippen molar-refractivity contribution in [1.82, 2.24) is 10.6 Å². The van der Waals surface area contributed by atoms with Crippen LogP contribution in [0.2, 0.25) is 0 Å². The van der Waals surface area contributed by atoms with Crippen LogP contribution in [0.5, 0.6) is 5.75 Å². The lowest BCUT2D eigenvalue weighted by molar-refractivity contribution is -0.121. The minimum absolute atomic E-state index is 0. The largest absolute Gasteiger partial charge is 0.497 e. The van der Waals surface area contributed by atoms with Crippen molar-refractivity contribution in [3.63, 3.8) is 0 Å². The summed E-state index contributed by atoms with van der Waals surface area (Å²) >= 11 is 0. The Bertz CT molecular complexity index is 467. The smallest absolute Gasteiger partial charge is 0.251 e. The van der Waals surface area contributed by atoms with Gasteiger partial charge in [0.1, 0.15) is 5.75 Å². The molecule has 1 atom stereocenters. The van der Waals surface area contributed by atoms with Gasteiger partial charge in [-0.15, -0.1) is 12.4 Å². The topological polar surface area (TPSA) is 93.5 Å². The molecule has 0 saturated heterocycles. The number of hydrogen-bond donors (Lipinski definition) is 3. The molecule has 1 rings (SSSR count). The molecule has 1 aromatic rings. The summed E-state index contributed by atoms with van der Waals surface area (Å²) in [7, 11) is 1.55. The number of ether oxygens (including phenoxy) is 1. The Morgan fingerprint density at radius 2 is 1.95 bits per heavy atom. The van der Waals surface area contributed by atoms with E-state index in [2.05, 4.69) is 10.6 Å². The Morgan fingerprint density at radius 1 is 1.29 bits per heavy atom. The van der Waals surface area contributed by atoms with E-state index in [9.17, 15) is 9.59 Å². The van der Waals surface area contributed by atoms with E-state index in [4.69, 9.17) is 10.5 Å². The molecule has 4 N–H and O–H groups in total. The molecule has 0 aliphatic rings. The van der Waals surface area contributed by atoms with Gasteiger partial charge in [-0.3, -0.25) is 9.59 Å². The van der Waals surface area contributed by atoms with Gasteiger partial charge in [-0.05, 0) is 25.1 Å². The molecule has 6 nitrogen and oxygen atoms in total. The van der Waals surface area contributed by atoms with Crippen molar-refractivity contribution >= 4 is 24.2 Å². The third-order valence-corrected chi connectivity index (χ3v) is 2.57. The van der Waals surface area contributed by atoms with Crippen LogP contribution in [0, 0.1) is 0 Å². The molecule has 0 bridgehead atoms. The average molecular weight is 316 g/mol. The summed E-state index contributed by atoms with van der Waals surface area (Å²) in [6.45, 7) is 2.51. The number of nitrogens with two attached hydrogens (primary N) is 1. The van der Waals surface area contributed by atoms with Crippen LogP contribution in [0.3, 0.4) is 0 Å². The zero-order chi connectivity index (χ0) is 15.0. The predicted molar refractivity (Wildman–Crippen MR) is 83.9 cm³/mol. The molecule has 0 spiro atoms. The highest BCUT2D eigenvalue weighted by molar-refractivity contribution is 5.94. The molecule has 7 heteroatoms. The lowest BCUT2D eigenvalue weighted by Crippen LogP contribution is -2.36. The quantitative estimate of drug-likeness (QED) is 0.646. The van der Waals surface area contributed by atoms with Crippen LogP contribution in [0.1, 0.15) is 23.7 Å². The molecule has 2 amide bonds. The second-order valence-corrected chi connectivity index (χ2v) is 4.52. The molecule has 118 valence electrons. The molecule has 1 unspecified atom stereocenters. The monoisotopic (exact) mass is 315 g/mol. The van der Waals surface area contributed by atoms with Crippen molar-refractivity contribution in [3.05, 3.63) is 29.8 Å². The van der Waals surface area contributed by atoms with Gasteiger partial charge in [-0.2, -0.15) is 0 Å². The van der Waals surface area contributed by atoms with Gasteiger partial charge in [0, 0.05) is 31.1 Å². The summed E-state index contributed by atoms with van der Waals surface area (Å²) in [6.07, 6.45) is 0.282. The first-order chi connectivity index (χ1) is 9.52. The molecule has 0 radical (unpaired) electrons. The zero-order valence-electron chi connectivity index (χ0n) is 12.2. The normalized spacial score (nSPS) is 11.0. The molecule has 0 aliphatic carbocycles. The van der Waals surface area contributed by atoms with Gasteiger partial charge in [0.15, 0.2) is 0 Å². The average Bonchev–Trinajstić information content (AvgIpc) is 2.42. The van der Waals surface area contributed by atoms with Crippen LogP contribution in [0.4, 0.5) is 0 Å². The number of benzene rings is 1. The van der Waals surface area contributed by atoms with Gasteiger partial charge in [-0.1, -0.05) is 6.07 Å². The van der Waals surface area contributed by atoms with Gasteiger partial charge in [-0.25, -0.2) is 0 Å². The van der Waals surface area contributed by atoms with Crippen LogP contribution in [-0.2, 0) is 4.79 Å². The van der Waals surface area contributed by atoms with Crippen molar-refractivity contribution in [1.29, 1.82) is 0 Å². The zero-order valence-corrected chi connectivity index (χ0v) is 13.0.